The topological polar surface area (TPSA) is 46.2 Å². The van der Waals surface area contributed by atoms with Crippen molar-refractivity contribution in [3.05, 3.63) is 29.8 Å². The van der Waals surface area contributed by atoms with E-state index in [4.69, 9.17) is 5.73 Å². The summed E-state index contributed by atoms with van der Waals surface area (Å²) in [7, 11) is 0. The van der Waals surface area contributed by atoms with Gasteiger partial charge in [0.1, 0.15) is 5.75 Å². The molecule has 1 rings (SSSR count). The van der Waals surface area contributed by atoms with Crippen molar-refractivity contribution in [1.82, 2.24) is 0 Å². The lowest BCUT2D eigenvalue weighted by atomic mass is 10.0. The van der Waals surface area contributed by atoms with Gasteiger partial charge in [-0.2, -0.15) is 0 Å². The number of hydrogen-bond donors (Lipinski definition) is 2. The van der Waals surface area contributed by atoms with E-state index in [9.17, 15) is 5.11 Å². The summed E-state index contributed by atoms with van der Waals surface area (Å²) < 4.78 is 0. The zero-order valence-electron chi connectivity index (χ0n) is 8.03. The van der Waals surface area contributed by atoms with Gasteiger partial charge in [0, 0.05) is 6.04 Å². The maximum Gasteiger partial charge on any atom is 0.115 e. The number of phenolic OH excluding ortho intramolecular Hbond substituents is 1. The molecule has 0 saturated carbocycles. The van der Waals surface area contributed by atoms with Gasteiger partial charge in [-0.05, 0) is 24.1 Å². The van der Waals surface area contributed by atoms with E-state index in [-0.39, 0.29) is 6.04 Å². The predicted octanol–water partition coefficient (Wildman–Crippen LogP) is 2.58. The molecule has 0 radical (unpaired) electrons. The second kappa shape index (κ2) is 4.87. The molecule has 0 amide bonds. The third kappa shape index (κ3) is 3.07. The standard InChI is InChI=1S/C11H17NO/c1-2-3-7-11(12)9-5-4-6-10(13)8-9/h4-6,8,11,13H,2-3,7,12H2,1H3. The Labute approximate surface area is 79.4 Å². The van der Waals surface area contributed by atoms with Gasteiger partial charge in [-0.25, -0.2) is 0 Å². The molecule has 1 atom stereocenters. The van der Waals surface area contributed by atoms with Crippen molar-refractivity contribution in [2.45, 2.75) is 32.2 Å². The Balaban J connectivity index is 2.60. The summed E-state index contributed by atoms with van der Waals surface area (Å²) in [5.41, 5.74) is 6.96. The Morgan fingerprint density at radius 3 is 2.85 bits per heavy atom. The van der Waals surface area contributed by atoms with Gasteiger partial charge in [0.15, 0.2) is 0 Å². The minimum Gasteiger partial charge on any atom is -0.508 e. The van der Waals surface area contributed by atoms with Gasteiger partial charge in [-0.3, -0.25) is 0 Å². The summed E-state index contributed by atoms with van der Waals surface area (Å²) in [6.45, 7) is 2.15. The van der Waals surface area contributed by atoms with Crippen molar-refractivity contribution in [2.75, 3.05) is 0 Å². The Morgan fingerprint density at radius 1 is 1.46 bits per heavy atom. The van der Waals surface area contributed by atoms with Crippen LogP contribution in [0.3, 0.4) is 0 Å². The molecule has 0 aliphatic heterocycles. The molecule has 0 bridgehead atoms. The molecule has 0 fully saturated rings. The highest BCUT2D eigenvalue weighted by molar-refractivity contribution is 5.29. The highest BCUT2D eigenvalue weighted by Gasteiger charge is 2.04. The van der Waals surface area contributed by atoms with E-state index >= 15 is 0 Å². The van der Waals surface area contributed by atoms with Crippen LogP contribution < -0.4 is 5.73 Å². The number of aromatic hydroxyl groups is 1. The third-order valence-corrected chi connectivity index (χ3v) is 2.17. The van der Waals surface area contributed by atoms with E-state index in [0.29, 0.717) is 5.75 Å². The fraction of sp³-hybridized carbons (Fsp3) is 0.455. The highest BCUT2D eigenvalue weighted by atomic mass is 16.3. The average molecular weight is 179 g/mol. The van der Waals surface area contributed by atoms with Crippen LogP contribution >= 0.6 is 0 Å². The van der Waals surface area contributed by atoms with Crippen LogP contribution in [-0.2, 0) is 0 Å². The SMILES string of the molecule is CCCCC(N)c1cccc(O)c1. The van der Waals surface area contributed by atoms with Gasteiger partial charge in [0.25, 0.3) is 0 Å². The van der Waals surface area contributed by atoms with E-state index in [2.05, 4.69) is 6.92 Å². The van der Waals surface area contributed by atoms with Crippen molar-refractivity contribution in [1.29, 1.82) is 0 Å². The molecule has 1 aromatic rings. The van der Waals surface area contributed by atoms with Crippen molar-refractivity contribution >= 4 is 0 Å². The minimum atomic E-state index is 0.0621. The van der Waals surface area contributed by atoms with Crippen LogP contribution in [-0.4, -0.2) is 5.11 Å². The van der Waals surface area contributed by atoms with Gasteiger partial charge < -0.3 is 10.8 Å². The smallest absolute Gasteiger partial charge is 0.115 e. The Kier molecular flexibility index (Phi) is 3.77. The number of benzene rings is 1. The van der Waals surface area contributed by atoms with Gasteiger partial charge in [-0.1, -0.05) is 31.9 Å². The molecule has 2 nitrogen and oxygen atoms in total. The molecule has 0 spiro atoms. The van der Waals surface area contributed by atoms with Crippen molar-refractivity contribution in [2.24, 2.45) is 5.73 Å². The summed E-state index contributed by atoms with van der Waals surface area (Å²) >= 11 is 0. The monoisotopic (exact) mass is 179 g/mol. The van der Waals surface area contributed by atoms with Crippen LogP contribution in [0.2, 0.25) is 0 Å². The zero-order chi connectivity index (χ0) is 9.68. The summed E-state index contributed by atoms with van der Waals surface area (Å²) in [5, 5.41) is 9.23. The molecule has 3 N–H and O–H groups in total. The lowest BCUT2D eigenvalue weighted by Gasteiger charge is -2.11. The van der Waals surface area contributed by atoms with Crippen LogP contribution in [0.25, 0.3) is 0 Å². The number of hydrogen-bond acceptors (Lipinski definition) is 2. The van der Waals surface area contributed by atoms with Gasteiger partial charge in [-0.15, -0.1) is 0 Å². The summed E-state index contributed by atoms with van der Waals surface area (Å²) in [5.74, 6) is 0.296. The quantitative estimate of drug-likeness (QED) is 0.746. The molecule has 0 aliphatic carbocycles. The summed E-state index contributed by atoms with van der Waals surface area (Å²) in [4.78, 5) is 0. The second-order valence-corrected chi connectivity index (χ2v) is 3.34. The molecule has 1 unspecified atom stereocenters. The third-order valence-electron chi connectivity index (χ3n) is 2.17. The van der Waals surface area contributed by atoms with E-state index in [0.717, 1.165) is 24.8 Å². The molecular formula is C11H17NO. The lowest BCUT2D eigenvalue weighted by molar-refractivity contribution is 0.473. The fourth-order valence-corrected chi connectivity index (χ4v) is 1.35. The van der Waals surface area contributed by atoms with Crippen molar-refractivity contribution < 1.29 is 5.11 Å². The van der Waals surface area contributed by atoms with Gasteiger partial charge in [0.2, 0.25) is 0 Å². The summed E-state index contributed by atoms with van der Waals surface area (Å²) in [6.07, 6.45) is 3.28. The minimum absolute atomic E-state index is 0.0621. The molecule has 13 heavy (non-hydrogen) atoms. The maximum atomic E-state index is 9.23. The van der Waals surface area contributed by atoms with E-state index < -0.39 is 0 Å². The van der Waals surface area contributed by atoms with E-state index in [1.54, 1.807) is 12.1 Å². The maximum absolute atomic E-state index is 9.23. The molecule has 72 valence electrons. The molecule has 0 heterocycles. The molecular weight excluding hydrogens is 162 g/mol. The molecule has 0 saturated heterocycles. The lowest BCUT2D eigenvalue weighted by Crippen LogP contribution is -2.09. The van der Waals surface area contributed by atoms with E-state index in [1.807, 2.05) is 12.1 Å². The predicted molar refractivity (Wildman–Crippen MR) is 54.6 cm³/mol. The Bertz CT molecular complexity index is 260. The first kappa shape index (κ1) is 10.1. The van der Waals surface area contributed by atoms with Gasteiger partial charge in [0.05, 0.1) is 0 Å². The van der Waals surface area contributed by atoms with Crippen LogP contribution in [0.1, 0.15) is 37.8 Å². The number of unbranched alkanes of at least 4 members (excludes halogenated alkanes) is 1. The van der Waals surface area contributed by atoms with Crippen LogP contribution in [0.5, 0.6) is 5.75 Å². The summed E-state index contributed by atoms with van der Waals surface area (Å²) in [6, 6.07) is 7.25. The van der Waals surface area contributed by atoms with Gasteiger partial charge >= 0.3 is 0 Å². The molecule has 0 aromatic heterocycles. The molecule has 2 heteroatoms. The van der Waals surface area contributed by atoms with Crippen LogP contribution in [0, 0.1) is 0 Å². The van der Waals surface area contributed by atoms with Crippen molar-refractivity contribution in [3.8, 4) is 5.75 Å². The Hall–Kier alpha value is -1.02. The first-order chi connectivity index (χ1) is 6.24. The number of rotatable bonds is 4. The van der Waals surface area contributed by atoms with Crippen molar-refractivity contribution in [3.63, 3.8) is 0 Å². The highest BCUT2D eigenvalue weighted by Crippen LogP contribution is 2.20. The number of phenols is 1. The largest absolute Gasteiger partial charge is 0.508 e. The first-order valence-electron chi connectivity index (χ1n) is 4.78. The second-order valence-electron chi connectivity index (χ2n) is 3.34. The van der Waals surface area contributed by atoms with E-state index in [1.165, 1.54) is 0 Å². The normalized spacial score (nSPS) is 12.8. The molecule has 0 aliphatic rings. The van der Waals surface area contributed by atoms with Crippen LogP contribution in [0.15, 0.2) is 24.3 Å². The Morgan fingerprint density at radius 2 is 2.23 bits per heavy atom. The zero-order valence-corrected chi connectivity index (χ0v) is 8.03. The molecule has 1 aromatic carbocycles. The average Bonchev–Trinajstić information content (AvgIpc) is 2.14. The van der Waals surface area contributed by atoms with Crippen LogP contribution in [0.4, 0.5) is 0 Å². The first-order valence-corrected chi connectivity index (χ1v) is 4.78. The fourth-order valence-electron chi connectivity index (χ4n) is 1.35. The number of nitrogens with two attached hydrogens (primary N) is 1.